The van der Waals surface area contributed by atoms with Crippen LogP contribution in [0, 0.1) is 10.1 Å². The molecule has 0 unspecified atom stereocenters. The number of esters is 1. The molecular weight excluding hydrogens is 288 g/mol. The second-order valence-electron chi connectivity index (χ2n) is 4.53. The van der Waals surface area contributed by atoms with E-state index in [9.17, 15) is 14.9 Å². The van der Waals surface area contributed by atoms with E-state index in [2.05, 4.69) is 4.99 Å². The fourth-order valence-corrected chi connectivity index (χ4v) is 2.07. The van der Waals surface area contributed by atoms with Crippen molar-refractivity contribution in [3.8, 4) is 11.3 Å². The third-order valence-corrected chi connectivity index (χ3v) is 3.00. The van der Waals surface area contributed by atoms with E-state index < -0.39 is 10.9 Å². The lowest BCUT2D eigenvalue weighted by Gasteiger charge is -1.98. The number of rotatable bonds is 3. The molecule has 1 aromatic heterocycles. The molecule has 0 spiro atoms. The average molecular weight is 298 g/mol. The minimum absolute atomic E-state index is 0.0507. The van der Waals surface area contributed by atoms with Crippen molar-refractivity contribution in [2.24, 2.45) is 4.99 Å². The molecule has 7 nitrogen and oxygen atoms in total. The molecule has 22 heavy (non-hydrogen) atoms. The van der Waals surface area contributed by atoms with Gasteiger partial charge in [0.1, 0.15) is 11.5 Å². The minimum Gasteiger partial charge on any atom is -0.456 e. The van der Waals surface area contributed by atoms with Crippen LogP contribution in [0.15, 0.2) is 51.5 Å². The van der Waals surface area contributed by atoms with Gasteiger partial charge in [0, 0.05) is 19.1 Å². The second-order valence-corrected chi connectivity index (χ2v) is 4.53. The Kier molecular flexibility index (Phi) is 3.30. The van der Waals surface area contributed by atoms with Gasteiger partial charge in [-0.2, -0.15) is 0 Å². The topological polar surface area (TPSA) is 94.9 Å². The molecular formula is C15H10N2O5. The number of nitrogens with zero attached hydrogens (tertiary/aromatic N) is 2. The maximum atomic E-state index is 11.5. The number of carbonyl (C=O) groups is 1. The van der Waals surface area contributed by atoms with Gasteiger partial charge in [-0.15, -0.1) is 0 Å². The van der Waals surface area contributed by atoms with Crippen LogP contribution in [0.1, 0.15) is 12.7 Å². The maximum Gasteiger partial charge on any atom is 0.363 e. The Morgan fingerprint density at radius 3 is 2.68 bits per heavy atom. The number of carbonyl (C=O) groups excluding carboxylic acids is 1. The van der Waals surface area contributed by atoms with Crippen molar-refractivity contribution >= 4 is 23.6 Å². The largest absolute Gasteiger partial charge is 0.456 e. The van der Waals surface area contributed by atoms with E-state index in [0.717, 1.165) is 0 Å². The number of hydrogen-bond acceptors (Lipinski definition) is 6. The first kappa shape index (κ1) is 13.7. The number of nitro benzene ring substituents is 1. The highest BCUT2D eigenvalue weighted by Gasteiger charge is 2.21. The summed E-state index contributed by atoms with van der Waals surface area (Å²) in [5, 5.41) is 11.0. The predicted octanol–water partition coefficient (Wildman–Crippen LogP) is 3.17. The van der Waals surface area contributed by atoms with Crippen LogP contribution in [-0.4, -0.2) is 16.8 Å². The van der Waals surface area contributed by atoms with Crippen LogP contribution in [0.2, 0.25) is 0 Å². The Balaban J connectivity index is 1.97. The molecule has 1 aliphatic rings. The summed E-state index contributed by atoms with van der Waals surface area (Å²) < 4.78 is 10.3. The lowest BCUT2D eigenvalue weighted by Crippen LogP contribution is -1.99. The molecule has 0 saturated carbocycles. The van der Waals surface area contributed by atoms with Crippen LogP contribution in [0.5, 0.6) is 0 Å². The molecule has 1 aliphatic heterocycles. The molecule has 0 radical (unpaired) electrons. The van der Waals surface area contributed by atoms with E-state index >= 15 is 0 Å². The molecule has 0 aliphatic carbocycles. The fourth-order valence-electron chi connectivity index (χ4n) is 2.07. The quantitative estimate of drug-likeness (QED) is 0.375. The van der Waals surface area contributed by atoms with Gasteiger partial charge < -0.3 is 9.15 Å². The number of hydrogen-bond donors (Lipinski definition) is 0. The molecule has 2 aromatic rings. The summed E-state index contributed by atoms with van der Waals surface area (Å²) in [5.41, 5.74) is 0.442. The zero-order valence-electron chi connectivity index (χ0n) is 11.5. The zero-order chi connectivity index (χ0) is 15.7. The number of furan rings is 1. The van der Waals surface area contributed by atoms with Crippen LogP contribution in [0.3, 0.4) is 0 Å². The van der Waals surface area contributed by atoms with Gasteiger partial charge in [-0.05, 0) is 18.2 Å². The Morgan fingerprint density at radius 1 is 1.23 bits per heavy atom. The number of aliphatic imine (C=N–C) groups is 1. The van der Waals surface area contributed by atoms with Gasteiger partial charge >= 0.3 is 5.97 Å². The zero-order valence-corrected chi connectivity index (χ0v) is 11.5. The van der Waals surface area contributed by atoms with Crippen molar-refractivity contribution in [3.63, 3.8) is 0 Å². The van der Waals surface area contributed by atoms with Crippen LogP contribution < -0.4 is 0 Å². The Hall–Kier alpha value is -3.22. The Bertz CT molecular complexity index is 832. The lowest BCUT2D eigenvalue weighted by atomic mass is 10.1. The van der Waals surface area contributed by atoms with E-state index in [4.69, 9.17) is 9.15 Å². The van der Waals surface area contributed by atoms with E-state index in [0.29, 0.717) is 17.1 Å². The van der Waals surface area contributed by atoms with Gasteiger partial charge in [0.05, 0.1) is 10.5 Å². The molecule has 7 heteroatoms. The third kappa shape index (κ3) is 2.51. The van der Waals surface area contributed by atoms with E-state index in [1.807, 2.05) is 0 Å². The smallest absolute Gasteiger partial charge is 0.363 e. The molecule has 0 saturated heterocycles. The number of para-hydroxylation sites is 1. The number of cyclic esters (lactones) is 1. The summed E-state index contributed by atoms with van der Waals surface area (Å²) in [6, 6.07) is 9.48. The Morgan fingerprint density at radius 2 is 2.00 bits per heavy atom. The van der Waals surface area contributed by atoms with Gasteiger partial charge in [-0.1, -0.05) is 12.1 Å². The van der Waals surface area contributed by atoms with Crippen molar-refractivity contribution in [3.05, 3.63) is 58.0 Å². The van der Waals surface area contributed by atoms with Crippen LogP contribution in [0.25, 0.3) is 17.4 Å². The summed E-state index contributed by atoms with van der Waals surface area (Å²) in [4.78, 5) is 26.0. The SMILES string of the molecule is CC1=N/C(=C/c2ccc(-c3ccccc3[N+](=O)[O-])o2)C(=O)O1. The van der Waals surface area contributed by atoms with Crippen molar-refractivity contribution in [1.29, 1.82) is 0 Å². The standard InChI is InChI=1S/C15H10N2O5/c1-9-16-12(15(18)21-9)8-10-6-7-14(22-10)11-4-2-3-5-13(11)17(19)20/h2-8H,1H3/b12-8+. The van der Waals surface area contributed by atoms with Crippen LogP contribution >= 0.6 is 0 Å². The van der Waals surface area contributed by atoms with E-state index in [1.165, 1.54) is 12.1 Å². The molecule has 2 heterocycles. The molecule has 0 bridgehead atoms. The first-order valence-corrected chi connectivity index (χ1v) is 6.37. The summed E-state index contributed by atoms with van der Waals surface area (Å²) in [5.74, 6) is 0.410. The molecule has 0 fully saturated rings. The highest BCUT2D eigenvalue weighted by molar-refractivity contribution is 6.06. The first-order chi connectivity index (χ1) is 10.5. The van der Waals surface area contributed by atoms with Crippen molar-refractivity contribution in [2.75, 3.05) is 0 Å². The van der Waals surface area contributed by atoms with Gasteiger partial charge in [0.25, 0.3) is 5.69 Å². The second kappa shape index (κ2) is 5.28. The van der Waals surface area contributed by atoms with E-state index in [1.54, 1.807) is 37.3 Å². The molecule has 0 atom stereocenters. The monoisotopic (exact) mass is 298 g/mol. The molecule has 0 amide bonds. The van der Waals surface area contributed by atoms with Crippen molar-refractivity contribution in [1.82, 2.24) is 0 Å². The summed E-state index contributed by atoms with van der Waals surface area (Å²) in [6.07, 6.45) is 1.43. The molecule has 3 rings (SSSR count). The lowest BCUT2D eigenvalue weighted by molar-refractivity contribution is -0.384. The van der Waals surface area contributed by atoms with Gasteiger partial charge in [0.15, 0.2) is 11.6 Å². The predicted molar refractivity (Wildman–Crippen MR) is 78.0 cm³/mol. The maximum absolute atomic E-state index is 11.5. The number of nitro groups is 1. The highest BCUT2D eigenvalue weighted by Crippen LogP contribution is 2.31. The van der Waals surface area contributed by atoms with Gasteiger partial charge in [-0.25, -0.2) is 9.79 Å². The molecule has 110 valence electrons. The number of ether oxygens (including phenoxy) is 1. The highest BCUT2D eigenvalue weighted by atomic mass is 16.6. The van der Waals surface area contributed by atoms with Gasteiger partial charge in [0.2, 0.25) is 0 Å². The summed E-state index contributed by atoms with van der Waals surface area (Å²) in [7, 11) is 0. The van der Waals surface area contributed by atoms with Crippen LogP contribution in [0.4, 0.5) is 5.69 Å². The molecule has 0 N–H and O–H groups in total. The van der Waals surface area contributed by atoms with Crippen LogP contribution in [-0.2, 0) is 9.53 Å². The number of benzene rings is 1. The molecule has 1 aromatic carbocycles. The normalized spacial score (nSPS) is 15.8. The average Bonchev–Trinajstić information content (AvgIpc) is 3.06. The minimum atomic E-state index is -0.554. The summed E-state index contributed by atoms with van der Waals surface area (Å²) >= 11 is 0. The third-order valence-electron chi connectivity index (χ3n) is 3.00. The van der Waals surface area contributed by atoms with Crippen molar-refractivity contribution in [2.45, 2.75) is 6.92 Å². The van der Waals surface area contributed by atoms with E-state index in [-0.39, 0.29) is 17.3 Å². The first-order valence-electron chi connectivity index (χ1n) is 6.37. The van der Waals surface area contributed by atoms with Gasteiger partial charge in [-0.3, -0.25) is 10.1 Å². The fraction of sp³-hybridized carbons (Fsp3) is 0.0667. The summed E-state index contributed by atoms with van der Waals surface area (Å²) in [6.45, 7) is 1.57. The Labute approximate surface area is 124 Å². The van der Waals surface area contributed by atoms with Crippen molar-refractivity contribution < 1.29 is 18.9 Å².